The van der Waals surface area contributed by atoms with Crippen molar-refractivity contribution in [2.75, 3.05) is 30.9 Å². The Morgan fingerprint density at radius 3 is 2.46 bits per heavy atom. The van der Waals surface area contributed by atoms with Gasteiger partial charge in [-0.2, -0.15) is 12.6 Å². The van der Waals surface area contributed by atoms with Crippen LogP contribution in [0.3, 0.4) is 0 Å². The summed E-state index contributed by atoms with van der Waals surface area (Å²) in [5, 5.41) is 12.3. The molecule has 35 heavy (non-hydrogen) atoms. The Bertz CT molecular complexity index is 1010. The summed E-state index contributed by atoms with van der Waals surface area (Å²) in [7, 11) is 1.97. The highest BCUT2D eigenvalue weighted by molar-refractivity contribution is 8.15. The molecule has 3 rings (SSSR count). The maximum absolute atomic E-state index is 11.6. The Balaban J connectivity index is 0.000000367. The van der Waals surface area contributed by atoms with E-state index in [4.69, 9.17) is 9.84 Å². The number of nitrogens with one attached hydrogen (secondary N) is 2. The molecule has 0 spiro atoms. The molecule has 2 aromatic rings. The molecule has 12 heteroatoms. The van der Waals surface area contributed by atoms with Gasteiger partial charge in [-0.25, -0.2) is 9.78 Å². The van der Waals surface area contributed by atoms with Gasteiger partial charge in [0.05, 0.1) is 11.8 Å². The zero-order valence-corrected chi connectivity index (χ0v) is 21.1. The molecule has 1 aromatic carbocycles. The number of pyridine rings is 1. The lowest BCUT2D eigenvalue weighted by atomic mass is 10.1. The third kappa shape index (κ3) is 9.87. The molecule has 10 nitrogen and oxygen atoms in total. The van der Waals surface area contributed by atoms with Gasteiger partial charge < -0.3 is 20.1 Å². The molecule has 0 aliphatic carbocycles. The van der Waals surface area contributed by atoms with Crippen molar-refractivity contribution in [3.63, 3.8) is 0 Å². The third-order valence-electron chi connectivity index (χ3n) is 4.71. The first-order chi connectivity index (χ1) is 16.7. The van der Waals surface area contributed by atoms with Crippen molar-refractivity contribution in [3.05, 3.63) is 54.2 Å². The Kier molecular flexibility index (Phi) is 11.4. The van der Waals surface area contributed by atoms with Crippen molar-refractivity contribution in [1.29, 1.82) is 0 Å². The van der Waals surface area contributed by atoms with Crippen molar-refractivity contribution >= 4 is 53.2 Å². The number of aromatic nitrogens is 1. The van der Waals surface area contributed by atoms with Crippen molar-refractivity contribution in [2.24, 2.45) is 0 Å². The van der Waals surface area contributed by atoms with Crippen molar-refractivity contribution in [2.45, 2.75) is 24.6 Å². The summed E-state index contributed by atoms with van der Waals surface area (Å²) in [5.74, 6) is 0.148. The number of amides is 3. The second-order valence-electron chi connectivity index (χ2n) is 7.46. The molecule has 1 aromatic heterocycles. The minimum Gasteiger partial charge on any atom is -0.492 e. The standard InChI is InChI=1S/C18H19N3O3S.C5H9NO3S/c1-21(16-4-2-3-9-19-16)10-11-24-14-7-5-13(6-8-14)12-15-17(22)20-18(23)25-15;1-3(7)6-4(2-10)5(8)9/h2-9,15H,10-12H2,1H3,(H,20,22,23);4,10H,2H2,1H3,(H,6,7)(H,8,9)/t;4-/m.0/s1. The van der Waals surface area contributed by atoms with Crippen LogP contribution in [0.2, 0.25) is 0 Å². The predicted molar refractivity (Wildman–Crippen MR) is 137 cm³/mol. The lowest BCUT2D eigenvalue weighted by Crippen LogP contribution is -2.40. The normalized spacial score (nSPS) is 15.3. The molecule has 3 N–H and O–H groups in total. The van der Waals surface area contributed by atoms with Gasteiger partial charge in [-0.05, 0) is 36.2 Å². The van der Waals surface area contributed by atoms with Crippen LogP contribution in [-0.2, 0) is 20.8 Å². The number of carboxylic acid groups (broad SMARTS) is 1. The van der Waals surface area contributed by atoms with Crippen LogP contribution in [0.1, 0.15) is 12.5 Å². The number of hydrogen-bond acceptors (Lipinski definition) is 9. The van der Waals surface area contributed by atoms with E-state index >= 15 is 0 Å². The average Bonchev–Trinajstić information content (AvgIpc) is 3.15. The van der Waals surface area contributed by atoms with Gasteiger partial charge in [0.1, 0.15) is 24.2 Å². The molecule has 1 aliphatic rings. The van der Waals surface area contributed by atoms with Gasteiger partial charge in [-0.15, -0.1) is 0 Å². The number of thiol groups is 1. The van der Waals surface area contributed by atoms with Gasteiger partial charge in [0.2, 0.25) is 11.8 Å². The first kappa shape index (κ1) is 28.0. The zero-order chi connectivity index (χ0) is 25.8. The molecule has 3 amide bonds. The number of thioether (sulfide) groups is 1. The Labute approximate surface area is 213 Å². The van der Waals surface area contributed by atoms with Gasteiger partial charge in [0.25, 0.3) is 5.24 Å². The van der Waals surface area contributed by atoms with Crippen LogP contribution in [-0.4, -0.2) is 70.4 Å². The summed E-state index contributed by atoms with van der Waals surface area (Å²) < 4.78 is 5.75. The van der Waals surface area contributed by atoms with Crippen LogP contribution < -0.4 is 20.3 Å². The third-order valence-corrected chi connectivity index (χ3v) is 6.05. The smallest absolute Gasteiger partial charge is 0.327 e. The summed E-state index contributed by atoms with van der Waals surface area (Å²) in [4.78, 5) is 49.6. The fourth-order valence-electron chi connectivity index (χ4n) is 2.89. The number of aliphatic carboxylic acids is 1. The first-order valence-corrected chi connectivity index (χ1v) is 12.2. The molecule has 2 heterocycles. The van der Waals surface area contributed by atoms with Crippen LogP contribution in [0, 0.1) is 0 Å². The Morgan fingerprint density at radius 2 is 1.97 bits per heavy atom. The maximum atomic E-state index is 11.6. The molecule has 1 saturated heterocycles. The number of anilines is 1. The fourth-order valence-corrected chi connectivity index (χ4v) is 4.00. The van der Waals surface area contributed by atoms with Gasteiger partial charge in [-0.3, -0.25) is 19.7 Å². The van der Waals surface area contributed by atoms with Gasteiger partial charge in [-0.1, -0.05) is 30.0 Å². The lowest BCUT2D eigenvalue weighted by molar-refractivity contribution is -0.140. The highest BCUT2D eigenvalue weighted by Gasteiger charge is 2.31. The molecule has 1 aliphatic heterocycles. The van der Waals surface area contributed by atoms with Gasteiger partial charge in [0, 0.05) is 25.9 Å². The summed E-state index contributed by atoms with van der Waals surface area (Å²) in [6.07, 6.45) is 2.30. The number of rotatable bonds is 10. The number of ether oxygens (including phenoxy) is 1. The number of benzene rings is 1. The number of likely N-dealkylation sites (N-methyl/N-ethyl adjacent to an activating group) is 1. The van der Waals surface area contributed by atoms with Crippen LogP contribution in [0.5, 0.6) is 5.75 Å². The quantitative estimate of drug-likeness (QED) is 0.347. The van der Waals surface area contributed by atoms with E-state index in [1.54, 1.807) is 6.20 Å². The van der Waals surface area contributed by atoms with Gasteiger partial charge in [0.15, 0.2) is 0 Å². The minimum absolute atomic E-state index is 0.106. The number of carbonyl (C=O) groups is 4. The van der Waals surface area contributed by atoms with E-state index in [1.165, 1.54) is 6.92 Å². The largest absolute Gasteiger partial charge is 0.492 e. The zero-order valence-electron chi connectivity index (χ0n) is 19.3. The van der Waals surface area contributed by atoms with E-state index in [0.717, 1.165) is 35.4 Å². The number of hydrogen-bond donors (Lipinski definition) is 4. The number of imide groups is 1. The van der Waals surface area contributed by atoms with E-state index in [-0.39, 0.29) is 28.1 Å². The number of nitrogens with zero attached hydrogens (tertiary/aromatic N) is 2. The van der Waals surface area contributed by atoms with Crippen LogP contribution in [0.15, 0.2) is 48.7 Å². The molecule has 0 bridgehead atoms. The van der Waals surface area contributed by atoms with Crippen LogP contribution in [0.25, 0.3) is 0 Å². The monoisotopic (exact) mass is 520 g/mol. The molecular weight excluding hydrogens is 492 g/mol. The maximum Gasteiger partial charge on any atom is 0.327 e. The van der Waals surface area contributed by atoms with E-state index in [9.17, 15) is 19.2 Å². The Morgan fingerprint density at radius 1 is 1.26 bits per heavy atom. The predicted octanol–water partition coefficient (Wildman–Crippen LogP) is 2.00. The second-order valence-corrected chi connectivity index (χ2v) is 9.00. The molecule has 2 atom stereocenters. The minimum atomic E-state index is -1.06. The molecular formula is C23H28N4O6S2. The molecule has 188 valence electrons. The van der Waals surface area contributed by atoms with E-state index in [1.807, 2.05) is 54.4 Å². The molecule has 1 fully saturated rings. The van der Waals surface area contributed by atoms with Crippen molar-refractivity contribution in [3.8, 4) is 5.75 Å². The van der Waals surface area contributed by atoms with Crippen LogP contribution in [0.4, 0.5) is 10.6 Å². The first-order valence-electron chi connectivity index (χ1n) is 10.7. The summed E-state index contributed by atoms with van der Waals surface area (Å²) >= 11 is 4.78. The van der Waals surface area contributed by atoms with E-state index in [0.29, 0.717) is 13.0 Å². The van der Waals surface area contributed by atoms with E-state index < -0.39 is 12.0 Å². The fraction of sp³-hybridized carbons (Fsp3) is 0.348. The summed E-state index contributed by atoms with van der Waals surface area (Å²) in [5.41, 5.74) is 1.00. The highest BCUT2D eigenvalue weighted by Crippen LogP contribution is 2.23. The van der Waals surface area contributed by atoms with Crippen LogP contribution >= 0.6 is 24.4 Å². The van der Waals surface area contributed by atoms with E-state index in [2.05, 4.69) is 28.2 Å². The molecule has 1 unspecified atom stereocenters. The highest BCUT2D eigenvalue weighted by atomic mass is 32.2. The molecule has 0 saturated carbocycles. The number of carboxylic acids is 1. The lowest BCUT2D eigenvalue weighted by Gasteiger charge is -2.18. The van der Waals surface area contributed by atoms with Crippen molar-refractivity contribution < 1.29 is 29.0 Å². The average molecular weight is 521 g/mol. The Hall–Kier alpha value is -3.25. The topological polar surface area (TPSA) is 138 Å². The van der Waals surface area contributed by atoms with Crippen molar-refractivity contribution in [1.82, 2.24) is 15.6 Å². The number of carbonyl (C=O) groups excluding carboxylic acids is 3. The summed E-state index contributed by atoms with van der Waals surface area (Å²) in [6.45, 7) is 2.53. The van der Waals surface area contributed by atoms with Gasteiger partial charge >= 0.3 is 5.97 Å². The second kappa shape index (κ2) is 14.2. The molecule has 0 radical (unpaired) electrons. The summed E-state index contributed by atoms with van der Waals surface area (Å²) in [6, 6.07) is 12.5. The SMILES string of the molecule is CC(=O)N[C@@H](CS)C(=O)O.CN(CCOc1ccc(CC2SC(=O)NC2=O)cc1)c1ccccn1.